The molecule has 0 unspecified atom stereocenters. The molecule has 3 heterocycles. The molecular formula is C19H18N4OS2. The molecule has 0 aliphatic carbocycles. The molecule has 5 nitrogen and oxygen atoms in total. The van der Waals surface area contributed by atoms with Crippen molar-refractivity contribution >= 4 is 33.4 Å². The fraction of sp³-hybridized carbons (Fsp3) is 0.211. The number of hydrogen-bond donors (Lipinski definition) is 0. The fourth-order valence-electron chi connectivity index (χ4n) is 2.96. The Bertz CT molecular complexity index is 1100. The van der Waals surface area contributed by atoms with Crippen LogP contribution in [0, 0.1) is 6.92 Å². The van der Waals surface area contributed by atoms with E-state index in [4.69, 9.17) is 0 Å². The van der Waals surface area contributed by atoms with Crippen molar-refractivity contribution in [3.63, 3.8) is 0 Å². The molecule has 1 aromatic carbocycles. The van der Waals surface area contributed by atoms with Gasteiger partial charge in [0.05, 0.1) is 27.6 Å². The molecule has 3 aromatic heterocycles. The highest BCUT2D eigenvalue weighted by atomic mass is 32.1. The van der Waals surface area contributed by atoms with Crippen molar-refractivity contribution in [3.8, 4) is 10.6 Å². The molecule has 26 heavy (non-hydrogen) atoms. The van der Waals surface area contributed by atoms with Crippen molar-refractivity contribution < 1.29 is 0 Å². The quantitative estimate of drug-likeness (QED) is 0.524. The average Bonchev–Trinajstić information content (AvgIpc) is 3.29. The third-order valence-corrected chi connectivity index (χ3v) is 5.80. The lowest BCUT2D eigenvalue weighted by Crippen LogP contribution is -2.32. The molecule has 7 heteroatoms. The normalized spacial score (nSPS) is 11.5. The van der Waals surface area contributed by atoms with E-state index in [0.29, 0.717) is 18.6 Å². The zero-order valence-corrected chi connectivity index (χ0v) is 16.2. The number of hydrogen-bond acceptors (Lipinski definition) is 6. The van der Waals surface area contributed by atoms with Crippen molar-refractivity contribution in [1.29, 1.82) is 0 Å². The van der Waals surface area contributed by atoms with E-state index in [0.717, 1.165) is 26.7 Å². The molecule has 0 saturated carbocycles. The molecule has 132 valence electrons. The summed E-state index contributed by atoms with van der Waals surface area (Å²) in [6.07, 6.45) is 0. The van der Waals surface area contributed by atoms with Crippen LogP contribution in [0.3, 0.4) is 0 Å². The molecule has 0 aliphatic heterocycles. The zero-order chi connectivity index (χ0) is 18.1. The summed E-state index contributed by atoms with van der Waals surface area (Å²) in [6, 6.07) is 11.7. The predicted octanol–water partition coefficient (Wildman–Crippen LogP) is 3.98. The monoisotopic (exact) mass is 382 g/mol. The summed E-state index contributed by atoms with van der Waals surface area (Å²) in [4.78, 5) is 20.5. The van der Waals surface area contributed by atoms with Gasteiger partial charge in [-0.1, -0.05) is 24.3 Å². The third kappa shape index (κ3) is 3.33. The number of thiophene rings is 1. The largest absolute Gasteiger partial charge is 0.281 e. The molecule has 0 radical (unpaired) electrons. The summed E-state index contributed by atoms with van der Waals surface area (Å²) in [6.45, 7) is 3.09. The summed E-state index contributed by atoms with van der Waals surface area (Å²) < 4.78 is 1.55. The second kappa shape index (κ2) is 7.11. The summed E-state index contributed by atoms with van der Waals surface area (Å²) in [5.41, 5.74) is 1.80. The Morgan fingerprint density at radius 3 is 2.62 bits per heavy atom. The molecule has 0 amide bonds. The van der Waals surface area contributed by atoms with Crippen molar-refractivity contribution in [1.82, 2.24) is 19.7 Å². The van der Waals surface area contributed by atoms with Crippen molar-refractivity contribution in [2.45, 2.75) is 20.1 Å². The number of benzene rings is 1. The van der Waals surface area contributed by atoms with E-state index in [1.165, 1.54) is 0 Å². The molecule has 0 fully saturated rings. The van der Waals surface area contributed by atoms with Crippen LogP contribution in [0.1, 0.15) is 10.7 Å². The Kier molecular flexibility index (Phi) is 4.67. The first-order valence-corrected chi connectivity index (χ1v) is 10.0. The number of nitrogens with zero attached hydrogens (tertiary/aromatic N) is 4. The van der Waals surface area contributed by atoms with Crippen LogP contribution in [-0.2, 0) is 13.2 Å². The van der Waals surface area contributed by atoms with E-state index >= 15 is 0 Å². The van der Waals surface area contributed by atoms with Crippen LogP contribution in [0.4, 0.5) is 0 Å². The third-order valence-electron chi connectivity index (χ3n) is 4.10. The number of thiazole rings is 1. The molecular weight excluding hydrogens is 364 g/mol. The van der Waals surface area contributed by atoms with Crippen LogP contribution in [0.25, 0.3) is 21.3 Å². The van der Waals surface area contributed by atoms with Gasteiger partial charge in [0.15, 0.2) is 0 Å². The fourth-order valence-corrected chi connectivity index (χ4v) is 4.29. The van der Waals surface area contributed by atoms with Crippen LogP contribution in [-0.4, -0.2) is 26.7 Å². The van der Waals surface area contributed by atoms with Crippen LogP contribution in [0.5, 0.6) is 0 Å². The minimum absolute atomic E-state index is 0.0674. The Morgan fingerprint density at radius 2 is 1.92 bits per heavy atom. The smallest absolute Gasteiger partial charge is 0.275 e. The first kappa shape index (κ1) is 17.1. The van der Waals surface area contributed by atoms with Gasteiger partial charge in [-0.3, -0.25) is 9.69 Å². The van der Waals surface area contributed by atoms with Crippen LogP contribution in [0.2, 0.25) is 0 Å². The standard InChI is InChI=1S/C19H18N4OS2/c1-13-20-14(11-26-13)10-22(2)12-23-19(24)16-7-4-3-6-15(16)18(21-23)17-8-5-9-25-17/h3-9,11H,10,12H2,1-2H3. The minimum Gasteiger partial charge on any atom is -0.281 e. The van der Waals surface area contributed by atoms with Gasteiger partial charge in [0.1, 0.15) is 5.69 Å². The lowest BCUT2D eigenvalue weighted by Gasteiger charge is -2.17. The summed E-state index contributed by atoms with van der Waals surface area (Å²) in [5.74, 6) is 0. The average molecular weight is 383 g/mol. The first-order chi connectivity index (χ1) is 12.6. The highest BCUT2D eigenvalue weighted by molar-refractivity contribution is 7.13. The maximum atomic E-state index is 12.9. The molecule has 0 spiro atoms. The topological polar surface area (TPSA) is 51.0 Å². The highest BCUT2D eigenvalue weighted by Gasteiger charge is 2.14. The maximum Gasteiger partial charge on any atom is 0.275 e. The van der Waals surface area contributed by atoms with E-state index in [2.05, 4.69) is 20.4 Å². The van der Waals surface area contributed by atoms with Gasteiger partial charge >= 0.3 is 0 Å². The number of aryl methyl sites for hydroxylation is 1. The summed E-state index contributed by atoms with van der Waals surface area (Å²) in [5, 5.41) is 11.4. The Hall–Kier alpha value is -2.35. The zero-order valence-electron chi connectivity index (χ0n) is 14.5. The van der Waals surface area contributed by atoms with Crippen LogP contribution in [0.15, 0.2) is 52.0 Å². The minimum atomic E-state index is -0.0674. The van der Waals surface area contributed by atoms with Gasteiger partial charge < -0.3 is 0 Å². The van der Waals surface area contributed by atoms with Gasteiger partial charge in [0.2, 0.25) is 0 Å². The summed E-state index contributed by atoms with van der Waals surface area (Å²) >= 11 is 3.27. The number of fused-ring (bicyclic) bond motifs is 1. The van der Waals surface area contributed by atoms with Crippen LogP contribution >= 0.6 is 22.7 Å². The van der Waals surface area contributed by atoms with Gasteiger partial charge in [-0.05, 0) is 31.5 Å². The van der Waals surface area contributed by atoms with E-state index in [1.807, 2.05) is 55.7 Å². The SMILES string of the molecule is Cc1nc(CN(C)Cn2nc(-c3cccs3)c3ccccc3c2=O)cs1. The molecule has 0 saturated heterocycles. The van der Waals surface area contributed by atoms with Crippen molar-refractivity contribution in [3.05, 3.63) is 68.2 Å². The van der Waals surface area contributed by atoms with E-state index in [-0.39, 0.29) is 5.56 Å². The van der Waals surface area contributed by atoms with Crippen molar-refractivity contribution in [2.24, 2.45) is 0 Å². The van der Waals surface area contributed by atoms with Gasteiger partial charge in [0, 0.05) is 17.3 Å². The van der Waals surface area contributed by atoms with Gasteiger partial charge in [-0.15, -0.1) is 22.7 Å². The second-order valence-corrected chi connectivity index (χ2v) is 8.20. The lowest BCUT2D eigenvalue weighted by molar-refractivity contribution is 0.239. The Labute approximate surface area is 159 Å². The number of aromatic nitrogens is 3. The van der Waals surface area contributed by atoms with Crippen LogP contribution < -0.4 is 5.56 Å². The second-order valence-electron chi connectivity index (χ2n) is 6.19. The molecule has 0 atom stereocenters. The van der Waals surface area contributed by atoms with E-state index in [9.17, 15) is 4.79 Å². The van der Waals surface area contributed by atoms with E-state index in [1.54, 1.807) is 27.4 Å². The maximum absolute atomic E-state index is 12.9. The Balaban J connectivity index is 1.73. The van der Waals surface area contributed by atoms with E-state index < -0.39 is 0 Å². The predicted molar refractivity (Wildman–Crippen MR) is 108 cm³/mol. The molecule has 4 rings (SSSR count). The number of rotatable bonds is 5. The molecule has 0 N–H and O–H groups in total. The molecule has 0 aliphatic rings. The van der Waals surface area contributed by atoms with Gasteiger partial charge in [0.25, 0.3) is 5.56 Å². The summed E-state index contributed by atoms with van der Waals surface area (Å²) in [7, 11) is 1.98. The Morgan fingerprint density at radius 1 is 1.12 bits per heavy atom. The van der Waals surface area contributed by atoms with Gasteiger partial charge in [-0.2, -0.15) is 5.10 Å². The molecule has 0 bridgehead atoms. The highest BCUT2D eigenvalue weighted by Crippen LogP contribution is 2.28. The molecule has 4 aromatic rings. The van der Waals surface area contributed by atoms with Gasteiger partial charge in [-0.25, -0.2) is 9.67 Å². The lowest BCUT2D eigenvalue weighted by atomic mass is 10.1. The first-order valence-electron chi connectivity index (χ1n) is 8.25. The van der Waals surface area contributed by atoms with Crippen molar-refractivity contribution in [2.75, 3.05) is 7.05 Å².